The molecule has 0 amide bonds. The smallest absolute Gasteiger partial charge is 0.304 e. The van der Waals surface area contributed by atoms with E-state index in [1.807, 2.05) is 24.3 Å². The number of carboxylic acid groups (broad SMARTS) is 1. The normalized spacial score (nSPS) is 12.4. The van der Waals surface area contributed by atoms with Gasteiger partial charge >= 0.3 is 5.97 Å². The van der Waals surface area contributed by atoms with E-state index in [-0.39, 0.29) is 11.2 Å². The van der Waals surface area contributed by atoms with E-state index in [1.165, 1.54) is 0 Å². The number of halogens is 1. The number of carbonyl (C=O) groups is 1. The standard InChI is InChI=1S/C10H12BrNO2/c11-9(5-10(13)14)8-3-1-7(6-12)2-4-8/h1-4,9H,5-6,12H2,(H,13,14). The summed E-state index contributed by atoms with van der Waals surface area (Å²) in [5.74, 6) is -0.810. The van der Waals surface area contributed by atoms with Gasteiger partial charge in [0.2, 0.25) is 0 Å². The predicted molar refractivity (Wildman–Crippen MR) is 58.3 cm³/mol. The van der Waals surface area contributed by atoms with Crippen LogP contribution in [0.1, 0.15) is 22.4 Å². The molecule has 1 rings (SSSR count). The van der Waals surface area contributed by atoms with E-state index in [1.54, 1.807) is 0 Å². The molecule has 1 aromatic rings. The van der Waals surface area contributed by atoms with Crippen molar-refractivity contribution in [3.05, 3.63) is 35.4 Å². The Labute approximate surface area is 91.1 Å². The minimum atomic E-state index is -0.810. The third kappa shape index (κ3) is 3.12. The highest BCUT2D eigenvalue weighted by Crippen LogP contribution is 2.26. The molecule has 0 radical (unpaired) electrons. The van der Waals surface area contributed by atoms with Crippen molar-refractivity contribution in [3.8, 4) is 0 Å². The van der Waals surface area contributed by atoms with Crippen LogP contribution >= 0.6 is 15.9 Å². The molecule has 0 heterocycles. The van der Waals surface area contributed by atoms with Crippen LogP contribution < -0.4 is 5.73 Å². The van der Waals surface area contributed by atoms with Crippen LogP contribution in [0.2, 0.25) is 0 Å². The van der Waals surface area contributed by atoms with E-state index in [0.717, 1.165) is 11.1 Å². The molecule has 1 aromatic carbocycles. The molecule has 3 N–H and O–H groups in total. The van der Waals surface area contributed by atoms with E-state index in [2.05, 4.69) is 15.9 Å². The van der Waals surface area contributed by atoms with Crippen molar-refractivity contribution >= 4 is 21.9 Å². The van der Waals surface area contributed by atoms with Crippen molar-refractivity contribution in [3.63, 3.8) is 0 Å². The van der Waals surface area contributed by atoms with Gasteiger partial charge in [-0.15, -0.1) is 0 Å². The quantitative estimate of drug-likeness (QED) is 0.812. The fraction of sp³-hybridized carbons (Fsp3) is 0.300. The zero-order chi connectivity index (χ0) is 10.6. The van der Waals surface area contributed by atoms with E-state index >= 15 is 0 Å². The number of hydrogen-bond donors (Lipinski definition) is 2. The summed E-state index contributed by atoms with van der Waals surface area (Å²) < 4.78 is 0. The van der Waals surface area contributed by atoms with Gasteiger partial charge < -0.3 is 10.8 Å². The second-order valence-corrected chi connectivity index (χ2v) is 4.12. The lowest BCUT2D eigenvalue weighted by molar-refractivity contribution is -0.136. The molecule has 0 aliphatic rings. The van der Waals surface area contributed by atoms with E-state index < -0.39 is 5.97 Å². The van der Waals surface area contributed by atoms with Gasteiger partial charge in [0, 0.05) is 11.4 Å². The van der Waals surface area contributed by atoms with Crippen molar-refractivity contribution in [2.75, 3.05) is 0 Å². The molecule has 0 bridgehead atoms. The lowest BCUT2D eigenvalue weighted by Gasteiger charge is -2.07. The average Bonchev–Trinajstić information content (AvgIpc) is 2.17. The van der Waals surface area contributed by atoms with Gasteiger partial charge in [0.1, 0.15) is 0 Å². The molecule has 1 unspecified atom stereocenters. The third-order valence-electron chi connectivity index (χ3n) is 1.93. The zero-order valence-electron chi connectivity index (χ0n) is 7.61. The van der Waals surface area contributed by atoms with Crippen molar-refractivity contribution in [1.29, 1.82) is 0 Å². The first-order valence-corrected chi connectivity index (χ1v) is 5.20. The predicted octanol–water partition coefficient (Wildman–Crippen LogP) is 2.06. The van der Waals surface area contributed by atoms with Crippen molar-refractivity contribution in [2.24, 2.45) is 5.73 Å². The summed E-state index contributed by atoms with van der Waals surface area (Å²) in [6.45, 7) is 0.506. The summed E-state index contributed by atoms with van der Waals surface area (Å²) in [6.07, 6.45) is 0.0853. The number of rotatable bonds is 4. The van der Waals surface area contributed by atoms with Gasteiger partial charge in [-0.3, -0.25) is 4.79 Å². The Balaban J connectivity index is 2.71. The first kappa shape index (κ1) is 11.2. The first-order chi connectivity index (χ1) is 6.63. The van der Waals surface area contributed by atoms with Crippen molar-refractivity contribution < 1.29 is 9.90 Å². The molecule has 14 heavy (non-hydrogen) atoms. The van der Waals surface area contributed by atoms with Gasteiger partial charge in [0.15, 0.2) is 0 Å². The van der Waals surface area contributed by atoms with Crippen LogP contribution in [-0.4, -0.2) is 11.1 Å². The summed E-state index contributed by atoms with van der Waals surface area (Å²) in [7, 11) is 0. The summed E-state index contributed by atoms with van der Waals surface area (Å²) >= 11 is 3.32. The highest BCUT2D eigenvalue weighted by atomic mass is 79.9. The Morgan fingerprint density at radius 3 is 2.43 bits per heavy atom. The first-order valence-electron chi connectivity index (χ1n) is 4.28. The number of aliphatic carboxylic acids is 1. The van der Waals surface area contributed by atoms with Crippen LogP contribution in [0.15, 0.2) is 24.3 Å². The monoisotopic (exact) mass is 257 g/mol. The zero-order valence-corrected chi connectivity index (χ0v) is 9.20. The van der Waals surface area contributed by atoms with Crippen molar-refractivity contribution in [2.45, 2.75) is 17.8 Å². The number of hydrogen-bond acceptors (Lipinski definition) is 2. The summed E-state index contributed by atoms with van der Waals surface area (Å²) in [4.78, 5) is 10.3. The molecule has 0 aliphatic heterocycles. The molecule has 0 saturated carbocycles. The minimum Gasteiger partial charge on any atom is -0.481 e. The molecular weight excluding hydrogens is 246 g/mol. The topological polar surface area (TPSA) is 63.3 Å². The second-order valence-electron chi connectivity index (χ2n) is 3.01. The van der Waals surface area contributed by atoms with Crippen LogP contribution in [0, 0.1) is 0 Å². The molecule has 0 spiro atoms. The minimum absolute atomic E-state index is 0.0853. The number of benzene rings is 1. The Hall–Kier alpha value is -0.870. The van der Waals surface area contributed by atoms with Crippen LogP contribution in [0.3, 0.4) is 0 Å². The van der Waals surface area contributed by atoms with Gasteiger partial charge in [0.05, 0.1) is 6.42 Å². The number of alkyl halides is 1. The van der Waals surface area contributed by atoms with E-state index in [9.17, 15) is 4.79 Å². The maximum Gasteiger partial charge on any atom is 0.304 e. The molecule has 0 saturated heterocycles. The Morgan fingerprint density at radius 2 is 2.00 bits per heavy atom. The second kappa shape index (κ2) is 5.12. The highest BCUT2D eigenvalue weighted by molar-refractivity contribution is 9.09. The Kier molecular flexibility index (Phi) is 4.10. The number of nitrogens with two attached hydrogens (primary N) is 1. The fourth-order valence-electron chi connectivity index (χ4n) is 1.13. The van der Waals surface area contributed by atoms with Gasteiger partial charge in [-0.05, 0) is 11.1 Å². The Morgan fingerprint density at radius 1 is 1.43 bits per heavy atom. The third-order valence-corrected chi connectivity index (χ3v) is 2.78. The fourth-order valence-corrected chi connectivity index (χ4v) is 1.72. The van der Waals surface area contributed by atoms with Crippen LogP contribution in [0.5, 0.6) is 0 Å². The van der Waals surface area contributed by atoms with Gasteiger partial charge in [-0.2, -0.15) is 0 Å². The van der Waals surface area contributed by atoms with Crippen LogP contribution in [0.25, 0.3) is 0 Å². The summed E-state index contributed by atoms with van der Waals surface area (Å²) in [5.41, 5.74) is 7.46. The molecule has 0 fully saturated rings. The summed E-state index contributed by atoms with van der Waals surface area (Å²) in [6, 6.07) is 7.60. The average molecular weight is 258 g/mol. The maximum absolute atomic E-state index is 10.5. The molecule has 3 nitrogen and oxygen atoms in total. The van der Waals surface area contributed by atoms with Gasteiger partial charge in [0.25, 0.3) is 0 Å². The van der Waals surface area contributed by atoms with Crippen LogP contribution in [0.4, 0.5) is 0 Å². The molecule has 0 aromatic heterocycles. The maximum atomic E-state index is 10.5. The largest absolute Gasteiger partial charge is 0.481 e. The highest BCUT2D eigenvalue weighted by Gasteiger charge is 2.11. The van der Waals surface area contributed by atoms with E-state index in [0.29, 0.717) is 6.54 Å². The SMILES string of the molecule is NCc1ccc(C(Br)CC(=O)O)cc1. The molecular formula is C10H12BrNO2. The molecule has 1 atom stereocenters. The number of carboxylic acids is 1. The Bertz CT molecular complexity index is 310. The van der Waals surface area contributed by atoms with E-state index in [4.69, 9.17) is 10.8 Å². The molecule has 4 heteroatoms. The lowest BCUT2D eigenvalue weighted by atomic mass is 10.1. The lowest BCUT2D eigenvalue weighted by Crippen LogP contribution is -2.01. The molecule has 0 aliphatic carbocycles. The van der Waals surface area contributed by atoms with Crippen LogP contribution in [-0.2, 0) is 11.3 Å². The van der Waals surface area contributed by atoms with Crippen molar-refractivity contribution in [1.82, 2.24) is 0 Å². The molecule has 76 valence electrons. The van der Waals surface area contributed by atoms with Gasteiger partial charge in [-0.1, -0.05) is 40.2 Å². The summed E-state index contributed by atoms with van der Waals surface area (Å²) in [5, 5.41) is 8.60. The van der Waals surface area contributed by atoms with Gasteiger partial charge in [-0.25, -0.2) is 0 Å².